The first-order valence-corrected chi connectivity index (χ1v) is 6.84. The van der Waals surface area contributed by atoms with Crippen molar-refractivity contribution in [1.29, 1.82) is 0 Å². The minimum atomic E-state index is 0.605. The lowest BCUT2D eigenvalue weighted by atomic mass is 9.81. The minimum Gasteiger partial charge on any atom is -0.309 e. The maximum absolute atomic E-state index is 3.74. The molecule has 3 rings (SSSR count). The van der Waals surface area contributed by atoms with Gasteiger partial charge >= 0.3 is 0 Å². The second-order valence-corrected chi connectivity index (χ2v) is 5.52. The first-order chi connectivity index (χ1) is 8.34. The fraction of sp³-hybridized carbons (Fsp3) is 0.600. The van der Waals surface area contributed by atoms with Crippen molar-refractivity contribution in [2.45, 2.75) is 25.3 Å². The van der Waals surface area contributed by atoms with Crippen molar-refractivity contribution in [3.63, 3.8) is 0 Å². The number of hydrogen-bond donors (Lipinski definition) is 1. The van der Waals surface area contributed by atoms with Crippen LogP contribution >= 0.6 is 0 Å². The molecule has 1 N–H and O–H groups in total. The lowest BCUT2D eigenvalue weighted by Crippen LogP contribution is -2.40. The average Bonchev–Trinajstić information content (AvgIpc) is 2.39. The topological polar surface area (TPSA) is 15.3 Å². The number of piperidine rings is 1. The Hall–Kier alpha value is -0.860. The Morgan fingerprint density at radius 1 is 1.18 bits per heavy atom. The second kappa shape index (κ2) is 4.79. The van der Waals surface area contributed by atoms with Crippen LogP contribution < -0.4 is 5.32 Å². The normalized spacial score (nSPS) is 26.8. The van der Waals surface area contributed by atoms with Crippen LogP contribution in [0.4, 0.5) is 0 Å². The molecule has 0 aliphatic carbocycles. The molecule has 17 heavy (non-hydrogen) atoms. The molecule has 92 valence electrons. The van der Waals surface area contributed by atoms with Gasteiger partial charge < -0.3 is 10.2 Å². The van der Waals surface area contributed by atoms with Crippen molar-refractivity contribution in [1.82, 2.24) is 10.2 Å². The highest BCUT2D eigenvalue weighted by atomic mass is 15.1. The van der Waals surface area contributed by atoms with E-state index in [1.807, 2.05) is 0 Å². The molecule has 1 saturated heterocycles. The summed E-state index contributed by atoms with van der Waals surface area (Å²) in [5.41, 5.74) is 3.13. The Bertz CT molecular complexity index is 380. The van der Waals surface area contributed by atoms with Crippen LogP contribution in [0, 0.1) is 5.92 Å². The second-order valence-electron chi connectivity index (χ2n) is 5.52. The van der Waals surface area contributed by atoms with E-state index in [0.29, 0.717) is 6.04 Å². The van der Waals surface area contributed by atoms with Crippen molar-refractivity contribution < 1.29 is 0 Å². The Morgan fingerprint density at radius 2 is 1.94 bits per heavy atom. The lowest BCUT2D eigenvalue weighted by Gasteiger charge is -2.38. The molecule has 2 aliphatic heterocycles. The summed E-state index contributed by atoms with van der Waals surface area (Å²) in [6.07, 6.45) is 3.87. The fourth-order valence-corrected chi connectivity index (χ4v) is 3.32. The van der Waals surface area contributed by atoms with Gasteiger partial charge in [0.1, 0.15) is 0 Å². The van der Waals surface area contributed by atoms with Gasteiger partial charge in [0, 0.05) is 6.04 Å². The molecule has 0 radical (unpaired) electrons. The van der Waals surface area contributed by atoms with Crippen molar-refractivity contribution in [2.75, 3.05) is 26.7 Å². The molecule has 1 atom stereocenters. The van der Waals surface area contributed by atoms with E-state index in [1.54, 1.807) is 11.1 Å². The van der Waals surface area contributed by atoms with Crippen molar-refractivity contribution in [3.05, 3.63) is 35.4 Å². The minimum absolute atomic E-state index is 0.605. The highest BCUT2D eigenvalue weighted by Gasteiger charge is 2.29. The number of benzene rings is 1. The molecule has 2 nitrogen and oxygen atoms in total. The summed E-state index contributed by atoms with van der Waals surface area (Å²) in [5.74, 6) is 0.827. The monoisotopic (exact) mass is 230 g/mol. The van der Waals surface area contributed by atoms with Gasteiger partial charge in [-0.1, -0.05) is 24.3 Å². The number of rotatable bonds is 1. The van der Waals surface area contributed by atoms with Crippen LogP contribution in [0.5, 0.6) is 0 Å². The van der Waals surface area contributed by atoms with Crippen LogP contribution in [-0.2, 0) is 6.42 Å². The van der Waals surface area contributed by atoms with E-state index in [4.69, 9.17) is 0 Å². The van der Waals surface area contributed by atoms with Crippen molar-refractivity contribution in [2.24, 2.45) is 5.92 Å². The molecule has 0 spiro atoms. The number of fused-ring (bicyclic) bond motifs is 1. The average molecular weight is 230 g/mol. The maximum Gasteiger partial charge on any atom is 0.0352 e. The molecular formula is C15H22N2. The fourth-order valence-electron chi connectivity index (χ4n) is 3.32. The SMILES string of the molecule is CN1CCC(C2NCCc3ccccc32)CC1. The van der Waals surface area contributed by atoms with Crippen LogP contribution in [-0.4, -0.2) is 31.6 Å². The van der Waals surface area contributed by atoms with E-state index in [-0.39, 0.29) is 0 Å². The van der Waals surface area contributed by atoms with Gasteiger partial charge in [0.25, 0.3) is 0 Å². The molecule has 2 aliphatic rings. The number of nitrogens with zero attached hydrogens (tertiary/aromatic N) is 1. The van der Waals surface area contributed by atoms with Gasteiger partial charge in [0.2, 0.25) is 0 Å². The Balaban J connectivity index is 1.80. The molecular weight excluding hydrogens is 208 g/mol. The van der Waals surface area contributed by atoms with E-state index in [0.717, 1.165) is 12.5 Å². The van der Waals surface area contributed by atoms with E-state index in [2.05, 4.69) is 41.5 Å². The zero-order valence-corrected chi connectivity index (χ0v) is 10.7. The first kappa shape index (κ1) is 11.2. The van der Waals surface area contributed by atoms with E-state index in [9.17, 15) is 0 Å². The van der Waals surface area contributed by atoms with Crippen LogP contribution in [0.15, 0.2) is 24.3 Å². The van der Waals surface area contributed by atoms with Crippen LogP contribution in [0.25, 0.3) is 0 Å². The van der Waals surface area contributed by atoms with Gasteiger partial charge in [-0.15, -0.1) is 0 Å². The van der Waals surface area contributed by atoms with E-state index >= 15 is 0 Å². The summed E-state index contributed by atoms with van der Waals surface area (Å²) in [4.78, 5) is 2.45. The Morgan fingerprint density at radius 3 is 2.76 bits per heavy atom. The largest absolute Gasteiger partial charge is 0.309 e. The molecule has 0 aromatic heterocycles. The highest BCUT2D eigenvalue weighted by Crippen LogP contribution is 2.34. The molecule has 0 amide bonds. The Labute approximate surface area is 104 Å². The maximum atomic E-state index is 3.74. The van der Waals surface area contributed by atoms with E-state index in [1.165, 1.54) is 32.4 Å². The summed E-state index contributed by atoms with van der Waals surface area (Å²) in [5, 5.41) is 3.74. The smallest absolute Gasteiger partial charge is 0.0352 e. The first-order valence-electron chi connectivity index (χ1n) is 6.84. The van der Waals surface area contributed by atoms with Gasteiger partial charge in [-0.2, -0.15) is 0 Å². The van der Waals surface area contributed by atoms with Crippen molar-refractivity contribution >= 4 is 0 Å². The summed E-state index contributed by atoms with van der Waals surface area (Å²) in [7, 11) is 2.23. The van der Waals surface area contributed by atoms with Gasteiger partial charge in [-0.3, -0.25) is 0 Å². The van der Waals surface area contributed by atoms with Crippen LogP contribution in [0.3, 0.4) is 0 Å². The van der Waals surface area contributed by atoms with Gasteiger partial charge in [0.05, 0.1) is 0 Å². The summed E-state index contributed by atoms with van der Waals surface area (Å²) < 4.78 is 0. The molecule has 0 bridgehead atoms. The molecule has 1 aromatic carbocycles. The molecule has 2 heterocycles. The predicted molar refractivity (Wildman–Crippen MR) is 71.1 cm³/mol. The Kier molecular flexibility index (Phi) is 3.17. The zero-order valence-electron chi connectivity index (χ0n) is 10.7. The molecule has 1 aromatic rings. The number of likely N-dealkylation sites (tertiary alicyclic amines) is 1. The summed E-state index contributed by atoms with van der Waals surface area (Å²) in [6.45, 7) is 3.66. The highest BCUT2D eigenvalue weighted by molar-refractivity contribution is 5.32. The van der Waals surface area contributed by atoms with Gasteiger partial charge in [-0.05, 0) is 63.0 Å². The third-order valence-electron chi connectivity index (χ3n) is 4.38. The third kappa shape index (κ3) is 2.24. The molecule has 2 heteroatoms. The van der Waals surface area contributed by atoms with Gasteiger partial charge in [-0.25, -0.2) is 0 Å². The predicted octanol–water partition coefficient (Wildman–Crippen LogP) is 2.22. The summed E-state index contributed by atoms with van der Waals surface area (Å²) >= 11 is 0. The zero-order chi connectivity index (χ0) is 11.7. The molecule has 0 saturated carbocycles. The van der Waals surface area contributed by atoms with Crippen LogP contribution in [0.1, 0.15) is 30.0 Å². The van der Waals surface area contributed by atoms with Crippen molar-refractivity contribution in [3.8, 4) is 0 Å². The standard InChI is InChI=1S/C15H22N2/c1-17-10-7-13(8-11-17)15-14-5-3-2-4-12(14)6-9-16-15/h2-5,13,15-16H,6-11H2,1H3. The molecule has 1 unspecified atom stereocenters. The molecule has 1 fully saturated rings. The number of nitrogens with one attached hydrogen (secondary N) is 1. The number of hydrogen-bond acceptors (Lipinski definition) is 2. The van der Waals surface area contributed by atoms with Gasteiger partial charge in [0.15, 0.2) is 0 Å². The van der Waals surface area contributed by atoms with Crippen LogP contribution in [0.2, 0.25) is 0 Å². The quantitative estimate of drug-likeness (QED) is 0.796. The third-order valence-corrected chi connectivity index (χ3v) is 4.38. The van der Waals surface area contributed by atoms with E-state index < -0.39 is 0 Å². The lowest BCUT2D eigenvalue weighted by molar-refractivity contribution is 0.182. The summed E-state index contributed by atoms with van der Waals surface area (Å²) in [6, 6.07) is 9.60.